The molecule has 0 unspecified atom stereocenters. The highest BCUT2D eigenvalue weighted by Crippen LogP contribution is 2.26. The minimum atomic E-state index is -4.12. The van der Waals surface area contributed by atoms with Gasteiger partial charge in [-0.1, -0.05) is 65.2 Å². The highest BCUT2D eigenvalue weighted by atomic mass is 35.5. The van der Waals surface area contributed by atoms with Gasteiger partial charge in [-0.3, -0.25) is 13.9 Å². The van der Waals surface area contributed by atoms with Gasteiger partial charge in [0.25, 0.3) is 10.0 Å². The average Bonchev–Trinajstić information content (AvgIpc) is 2.86. The summed E-state index contributed by atoms with van der Waals surface area (Å²) in [6.45, 7) is 8.42. The van der Waals surface area contributed by atoms with Gasteiger partial charge >= 0.3 is 0 Å². The fourth-order valence-electron chi connectivity index (χ4n) is 3.85. The molecule has 3 aromatic rings. The molecule has 1 atom stereocenters. The normalized spacial score (nSPS) is 12.5. The molecular weight excluding hydrogens is 557 g/mol. The first-order chi connectivity index (χ1) is 18.2. The standard InChI is InChI=1S/C29H33Cl2N3O4S/c1-20-11-15-25(16-12-20)39(37,38)34(24-9-7-6-8-10-24)19-27(35)33(21(2)28(36)32-29(3,4)5)18-22-13-14-23(30)17-26(22)31/h6-17,21H,18-19H2,1-5H3,(H,32,36)/t21-/m0/s1. The molecule has 3 rings (SSSR count). The number of hydrogen-bond donors (Lipinski definition) is 1. The number of carbonyl (C=O) groups is 2. The molecule has 2 amide bonds. The summed E-state index contributed by atoms with van der Waals surface area (Å²) in [6, 6.07) is 18.8. The molecule has 208 valence electrons. The summed E-state index contributed by atoms with van der Waals surface area (Å²) in [5.41, 5.74) is 1.25. The first-order valence-corrected chi connectivity index (χ1v) is 14.6. The van der Waals surface area contributed by atoms with Crippen LogP contribution in [0, 0.1) is 6.92 Å². The zero-order valence-electron chi connectivity index (χ0n) is 22.6. The number of nitrogens with zero attached hydrogens (tertiary/aromatic N) is 2. The molecule has 3 aromatic carbocycles. The Bertz CT molecular complexity index is 1420. The Labute approximate surface area is 240 Å². The van der Waals surface area contributed by atoms with Crippen molar-refractivity contribution in [1.29, 1.82) is 0 Å². The van der Waals surface area contributed by atoms with E-state index in [1.807, 2.05) is 27.7 Å². The van der Waals surface area contributed by atoms with E-state index in [0.717, 1.165) is 9.87 Å². The molecule has 0 aromatic heterocycles. The van der Waals surface area contributed by atoms with Crippen molar-refractivity contribution in [3.05, 3.63) is 94.0 Å². The highest BCUT2D eigenvalue weighted by Gasteiger charge is 2.33. The number of carbonyl (C=O) groups excluding carboxylic acids is 2. The predicted molar refractivity (Wildman–Crippen MR) is 157 cm³/mol. The zero-order chi connectivity index (χ0) is 29.0. The van der Waals surface area contributed by atoms with Crippen LogP contribution in [0.3, 0.4) is 0 Å². The van der Waals surface area contributed by atoms with E-state index in [1.54, 1.807) is 67.6 Å². The summed E-state index contributed by atoms with van der Waals surface area (Å²) < 4.78 is 28.6. The number of amides is 2. The quantitative estimate of drug-likeness (QED) is 0.340. The lowest BCUT2D eigenvalue weighted by Gasteiger charge is -2.33. The SMILES string of the molecule is Cc1ccc(S(=O)(=O)N(CC(=O)N(Cc2ccc(Cl)cc2Cl)[C@@H](C)C(=O)NC(C)(C)C)c2ccccc2)cc1. The number of sulfonamides is 1. The first kappa shape index (κ1) is 30.5. The summed E-state index contributed by atoms with van der Waals surface area (Å²) in [4.78, 5) is 28.5. The van der Waals surface area contributed by atoms with E-state index >= 15 is 0 Å². The van der Waals surface area contributed by atoms with Crippen LogP contribution >= 0.6 is 23.2 Å². The zero-order valence-corrected chi connectivity index (χ0v) is 24.9. The van der Waals surface area contributed by atoms with Crippen LogP contribution in [0.5, 0.6) is 0 Å². The third kappa shape index (κ3) is 7.97. The number of anilines is 1. The molecule has 10 heteroatoms. The van der Waals surface area contributed by atoms with Gasteiger partial charge in [0.05, 0.1) is 10.6 Å². The molecule has 0 fully saturated rings. The van der Waals surface area contributed by atoms with E-state index in [9.17, 15) is 18.0 Å². The molecule has 7 nitrogen and oxygen atoms in total. The molecule has 0 bridgehead atoms. The van der Waals surface area contributed by atoms with Crippen molar-refractivity contribution in [2.75, 3.05) is 10.8 Å². The van der Waals surface area contributed by atoms with Gasteiger partial charge in [-0.2, -0.15) is 0 Å². The van der Waals surface area contributed by atoms with E-state index in [0.29, 0.717) is 21.3 Å². The second-order valence-corrected chi connectivity index (χ2v) is 13.0. The van der Waals surface area contributed by atoms with E-state index in [1.165, 1.54) is 17.0 Å². The third-order valence-electron chi connectivity index (χ3n) is 5.95. The Kier molecular flexibility index (Phi) is 9.69. The molecular formula is C29H33Cl2N3O4S. The van der Waals surface area contributed by atoms with Gasteiger partial charge < -0.3 is 10.2 Å². The van der Waals surface area contributed by atoms with Gasteiger partial charge in [-0.15, -0.1) is 0 Å². The fraction of sp³-hybridized carbons (Fsp3) is 0.310. The molecule has 0 aliphatic heterocycles. The number of rotatable bonds is 9. The van der Waals surface area contributed by atoms with Crippen LogP contribution in [0.15, 0.2) is 77.7 Å². The van der Waals surface area contributed by atoms with Gasteiger partial charge in [-0.25, -0.2) is 8.42 Å². The van der Waals surface area contributed by atoms with Crippen LogP contribution < -0.4 is 9.62 Å². The topological polar surface area (TPSA) is 86.8 Å². The lowest BCUT2D eigenvalue weighted by molar-refractivity contribution is -0.140. The molecule has 39 heavy (non-hydrogen) atoms. The van der Waals surface area contributed by atoms with Crippen molar-refractivity contribution in [2.45, 2.75) is 57.6 Å². The van der Waals surface area contributed by atoms with Gasteiger partial charge in [0.1, 0.15) is 12.6 Å². The minimum Gasteiger partial charge on any atom is -0.350 e. The van der Waals surface area contributed by atoms with E-state index in [-0.39, 0.29) is 17.3 Å². The summed E-state index contributed by atoms with van der Waals surface area (Å²) in [5.74, 6) is -0.953. The van der Waals surface area contributed by atoms with Crippen molar-refractivity contribution >= 4 is 50.7 Å². The number of benzene rings is 3. The van der Waals surface area contributed by atoms with Crippen LogP contribution in [-0.2, 0) is 26.2 Å². The fourth-order valence-corrected chi connectivity index (χ4v) is 5.73. The number of para-hydroxylation sites is 1. The molecule has 0 aliphatic carbocycles. The number of hydrogen-bond acceptors (Lipinski definition) is 4. The minimum absolute atomic E-state index is 0.0270. The van der Waals surface area contributed by atoms with Crippen molar-refractivity contribution in [3.63, 3.8) is 0 Å². The summed E-state index contributed by atoms with van der Waals surface area (Å²) in [5, 5.41) is 3.65. The largest absolute Gasteiger partial charge is 0.350 e. The van der Waals surface area contributed by atoms with Crippen LogP contribution in [0.4, 0.5) is 5.69 Å². The lowest BCUT2D eigenvalue weighted by atomic mass is 10.1. The van der Waals surface area contributed by atoms with Crippen molar-refractivity contribution in [3.8, 4) is 0 Å². The second kappa shape index (κ2) is 12.4. The van der Waals surface area contributed by atoms with Crippen LogP contribution in [-0.4, -0.2) is 43.3 Å². The smallest absolute Gasteiger partial charge is 0.264 e. The van der Waals surface area contributed by atoms with Gasteiger partial charge in [0.2, 0.25) is 11.8 Å². The van der Waals surface area contributed by atoms with Crippen molar-refractivity contribution in [2.24, 2.45) is 0 Å². The van der Waals surface area contributed by atoms with E-state index < -0.39 is 34.1 Å². The third-order valence-corrected chi connectivity index (χ3v) is 8.33. The monoisotopic (exact) mass is 589 g/mol. The van der Waals surface area contributed by atoms with Gasteiger partial charge in [0.15, 0.2) is 0 Å². The summed E-state index contributed by atoms with van der Waals surface area (Å²) in [6.07, 6.45) is 0. The molecule has 0 heterocycles. The Morgan fingerprint density at radius 2 is 1.56 bits per heavy atom. The van der Waals surface area contributed by atoms with E-state index in [4.69, 9.17) is 23.2 Å². The maximum Gasteiger partial charge on any atom is 0.264 e. The van der Waals surface area contributed by atoms with E-state index in [2.05, 4.69) is 5.32 Å². The molecule has 0 radical (unpaired) electrons. The van der Waals surface area contributed by atoms with Crippen LogP contribution in [0.25, 0.3) is 0 Å². The summed E-state index contributed by atoms with van der Waals surface area (Å²) in [7, 11) is -4.12. The average molecular weight is 591 g/mol. The summed E-state index contributed by atoms with van der Waals surface area (Å²) >= 11 is 12.5. The Balaban J connectivity index is 2.03. The maximum atomic E-state index is 13.9. The number of nitrogens with one attached hydrogen (secondary N) is 1. The Hall–Kier alpha value is -3.07. The highest BCUT2D eigenvalue weighted by molar-refractivity contribution is 7.92. The van der Waals surface area contributed by atoms with Crippen LogP contribution in [0.2, 0.25) is 10.0 Å². The number of halogens is 2. The molecule has 1 N–H and O–H groups in total. The first-order valence-electron chi connectivity index (χ1n) is 12.4. The van der Waals surface area contributed by atoms with Gasteiger partial charge in [0, 0.05) is 22.1 Å². The lowest BCUT2D eigenvalue weighted by Crippen LogP contribution is -2.54. The molecule has 0 aliphatic rings. The van der Waals surface area contributed by atoms with Crippen molar-refractivity contribution < 1.29 is 18.0 Å². The molecule has 0 saturated carbocycles. The number of aryl methyl sites for hydroxylation is 1. The molecule has 0 saturated heterocycles. The van der Waals surface area contributed by atoms with Crippen LogP contribution in [0.1, 0.15) is 38.8 Å². The predicted octanol–water partition coefficient (Wildman–Crippen LogP) is 5.83. The Morgan fingerprint density at radius 1 is 0.949 bits per heavy atom. The molecule has 0 spiro atoms. The maximum absolute atomic E-state index is 13.9. The second-order valence-electron chi connectivity index (χ2n) is 10.3. The Morgan fingerprint density at radius 3 is 2.13 bits per heavy atom. The van der Waals surface area contributed by atoms with Gasteiger partial charge in [-0.05, 0) is 76.6 Å². The van der Waals surface area contributed by atoms with Crippen molar-refractivity contribution in [1.82, 2.24) is 10.2 Å².